The SMILES string of the molecule is N#Cc1cccnc1NCCNC(=O)C1CCN(S(=O)(=O)c2cc(Cl)ccc2Cl)CC1. The van der Waals surface area contributed by atoms with E-state index in [-0.39, 0.29) is 34.8 Å². The number of carbonyl (C=O) groups is 1. The first-order valence-corrected chi connectivity index (χ1v) is 11.8. The summed E-state index contributed by atoms with van der Waals surface area (Å²) in [5.74, 6) is 0.0735. The molecule has 2 N–H and O–H groups in total. The molecule has 31 heavy (non-hydrogen) atoms. The van der Waals surface area contributed by atoms with Crippen LogP contribution in [0.2, 0.25) is 10.0 Å². The minimum absolute atomic E-state index is 0.0260. The molecule has 0 aliphatic carbocycles. The highest BCUT2D eigenvalue weighted by Gasteiger charge is 2.33. The summed E-state index contributed by atoms with van der Waals surface area (Å²) in [6.07, 6.45) is 2.41. The number of hydrogen-bond donors (Lipinski definition) is 2. The average molecular weight is 482 g/mol. The van der Waals surface area contributed by atoms with E-state index in [0.29, 0.717) is 42.3 Å². The van der Waals surface area contributed by atoms with Crippen molar-refractivity contribution in [3.63, 3.8) is 0 Å². The molecule has 1 aromatic heterocycles. The molecule has 0 spiro atoms. The first-order chi connectivity index (χ1) is 14.8. The second-order valence-electron chi connectivity index (χ2n) is 6.98. The van der Waals surface area contributed by atoms with E-state index >= 15 is 0 Å². The number of aromatic nitrogens is 1. The van der Waals surface area contributed by atoms with Gasteiger partial charge in [-0.2, -0.15) is 9.57 Å². The lowest BCUT2D eigenvalue weighted by Gasteiger charge is -2.30. The number of rotatable bonds is 7. The van der Waals surface area contributed by atoms with Crippen molar-refractivity contribution in [2.45, 2.75) is 17.7 Å². The van der Waals surface area contributed by atoms with Gasteiger partial charge >= 0.3 is 0 Å². The molecule has 0 atom stereocenters. The normalized spacial score (nSPS) is 15.3. The van der Waals surface area contributed by atoms with Crippen molar-refractivity contribution in [1.82, 2.24) is 14.6 Å². The van der Waals surface area contributed by atoms with E-state index in [1.807, 2.05) is 6.07 Å². The first kappa shape index (κ1) is 23.3. The summed E-state index contributed by atoms with van der Waals surface area (Å²) in [5.41, 5.74) is 0.433. The van der Waals surface area contributed by atoms with Crippen LogP contribution in [-0.2, 0) is 14.8 Å². The minimum atomic E-state index is -3.78. The Morgan fingerprint density at radius 2 is 1.97 bits per heavy atom. The van der Waals surface area contributed by atoms with E-state index < -0.39 is 10.0 Å². The highest BCUT2D eigenvalue weighted by Crippen LogP contribution is 2.30. The topological polar surface area (TPSA) is 115 Å². The molecule has 0 radical (unpaired) electrons. The molecule has 0 unspecified atom stereocenters. The molecule has 164 valence electrons. The molecule has 1 aliphatic rings. The van der Waals surface area contributed by atoms with Crippen LogP contribution in [0.5, 0.6) is 0 Å². The number of nitrogens with one attached hydrogen (secondary N) is 2. The summed E-state index contributed by atoms with van der Waals surface area (Å²) in [5, 5.41) is 15.3. The van der Waals surface area contributed by atoms with Gasteiger partial charge in [-0.05, 0) is 43.2 Å². The maximum atomic E-state index is 12.9. The number of sulfonamides is 1. The number of halogens is 2. The largest absolute Gasteiger partial charge is 0.367 e. The number of amides is 1. The molecular formula is C20H21Cl2N5O3S. The van der Waals surface area contributed by atoms with Crippen molar-refractivity contribution in [3.05, 3.63) is 52.1 Å². The van der Waals surface area contributed by atoms with Gasteiger partial charge in [0.2, 0.25) is 15.9 Å². The predicted octanol–water partition coefficient (Wildman–Crippen LogP) is 2.89. The summed E-state index contributed by atoms with van der Waals surface area (Å²) in [4.78, 5) is 16.5. The van der Waals surface area contributed by atoms with E-state index in [2.05, 4.69) is 15.6 Å². The lowest BCUT2D eigenvalue weighted by atomic mass is 9.97. The fourth-order valence-corrected chi connectivity index (χ4v) is 5.53. The van der Waals surface area contributed by atoms with Gasteiger partial charge in [0.1, 0.15) is 16.8 Å². The van der Waals surface area contributed by atoms with Gasteiger partial charge < -0.3 is 10.6 Å². The van der Waals surface area contributed by atoms with Crippen LogP contribution in [0.15, 0.2) is 41.4 Å². The first-order valence-electron chi connectivity index (χ1n) is 9.65. The summed E-state index contributed by atoms with van der Waals surface area (Å²) in [7, 11) is -3.78. The number of nitrogens with zero attached hydrogens (tertiary/aromatic N) is 3. The quantitative estimate of drug-likeness (QED) is 0.587. The Balaban J connectivity index is 1.48. The Morgan fingerprint density at radius 3 is 2.68 bits per heavy atom. The molecule has 1 aliphatic heterocycles. The number of pyridine rings is 1. The molecule has 8 nitrogen and oxygen atoms in total. The Hall–Kier alpha value is -2.38. The molecule has 1 fully saturated rings. The highest BCUT2D eigenvalue weighted by atomic mass is 35.5. The van der Waals surface area contributed by atoms with E-state index in [1.165, 1.54) is 22.5 Å². The van der Waals surface area contributed by atoms with Crippen molar-refractivity contribution in [2.24, 2.45) is 5.92 Å². The Labute approximate surface area is 191 Å². The molecular weight excluding hydrogens is 461 g/mol. The van der Waals surface area contributed by atoms with E-state index in [4.69, 9.17) is 28.5 Å². The lowest BCUT2D eigenvalue weighted by molar-refractivity contribution is -0.126. The predicted molar refractivity (Wildman–Crippen MR) is 118 cm³/mol. The zero-order chi connectivity index (χ0) is 22.4. The molecule has 11 heteroatoms. The van der Waals surface area contributed by atoms with Crippen molar-refractivity contribution >= 4 is 45.0 Å². The molecule has 1 amide bonds. The van der Waals surface area contributed by atoms with Crippen molar-refractivity contribution < 1.29 is 13.2 Å². The van der Waals surface area contributed by atoms with Crippen LogP contribution in [-0.4, -0.2) is 49.8 Å². The molecule has 0 saturated carbocycles. The molecule has 1 saturated heterocycles. The van der Waals surface area contributed by atoms with Crippen molar-refractivity contribution in [2.75, 3.05) is 31.5 Å². The third kappa shape index (κ3) is 5.66. The maximum absolute atomic E-state index is 12.9. The zero-order valence-electron chi connectivity index (χ0n) is 16.5. The highest BCUT2D eigenvalue weighted by molar-refractivity contribution is 7.89. The lowest BCUT2D eigenvalue weighted by Crippen LogP contribution is -2.43. The maximum Gasteiger partial charge on any atom is 0.244 e. The number of benzene rings is 1. The second-order valence-corrected chi connectivity index (χ2v) is 9.73. The Bertz CT molecular complexity index is 1100. The van der Waals surface area contributed by atoms with E-state index in [0.717, 1.165) is 0 Å². The number of anilines is 1. The zero-order valence-corrected chi connectivity index (χ0v) is 18.8. The van der Waals surface area contributed by atoms with Gasteiger partial charge in [-0.1, -0.05) is 23.2 Å². The standard InChI is InChI=1S/C20H21Cl2N5O3S/c21-16-3-4-17(22)18(12-16)31(29,30)27-10-5-14(6-11-27)20(28)26-9-8-25-19-15(13-23)2-1-7-24-19/h1-4,7,12,14H,5-6,8-11H2,(H,24,25)(H,26,28). The summed E-state index contributed by atoms with van der Waals surface area (Å²) >= 11 is 12.0. The third-order valence-electron chi connectivity index (χ3n) is 4.98. The molecule has 3 rings (SSSR count). The fourth-order valence-electron chi connectivity index (χ4n) is 3.32. The minimum Gasteiger partial charge on any atom is -0.367 e. The molecule has 0 bridgehead atoms. The van der Waals surface area contributed by atoms with Crippen LogP contribution in [0.4, 0.5) is 5.82 Å². The number of carbonyl (C=O) groups excluding carboxylic acids is 1. The molecule has 2 aromatic rings. The average Bonchev–Trinajstić information content (AvgIpc) is 2.78. The van der Waals surface area contributed by atoms with Crippen LogP contribution in [0, 0.1) is 17.2 Å². The van der Waals surface area contributed by atoms with Crippen LogP contribution < -0.4 is 10.6 Å². The van der Waals surface area contributed by atoms with Gasteiger partial charge in [0.25, 0.3) is 0 Å². The third-order valence-corrected chi connectivity index (χ3v) is 7.60. The summed E-state index contributed by atoms with van der Waals surface area (Å²) in [6.45, 7) is 1.22. The van der Waals surface area contributed by atoms with E-state index in [9.17, 15) is 13.2 Å². The van der Waals surface area contributed by atoms with Gasteiger partial charge in [-0.25, -0.2) is 13.4 Å². The fraction of sp³-hybridized carbons (Fsp3) is 0.350. The Morgan fingerprint density at radius 1 is 1.23 bits per heavy atom. The van der Waals surface area contributed by atoms with Crippen LogP contribution in [0.1, 0.15) is 18.4 Å². The second kappa shape index (κ2) is 10.3. The molecule has 1 aromatic carbocycles. The van der Waals surface area contributed by atoms with Gasteiger partial charge in [0.05, 0.1) is 10.6 Å². The van der Waals surface area contributed by atoms with Crippen molar-refractivity contribution in [1.29, 1.82) is 5.26 Å². The summed E-state index contributed by atoms with van der Waals surface area (Å²) in [6, 6.07) is 9.71. The van der Waals surface area contributed by atoms with Gasteiger partial charge in [-0.3, -0.25) is 4.79 Å². The summed E-state index contributed by atoms with van der Waals surface area (Å²) < 4.78 is 27.1. The van der Waals surface area contributed by atoms with Gasteiger partial charge in [0.15, 0.2) is 0 Å². The number of hydrogen-bond acceptors (Lipinski definition) is 6. The van der Waals surface area contributed by atoms with Crippen LogP contribution in [0.3, 0.4) is 0 Å². The van der Waals surface area contributed by atoms with E-state index in [1.54, 1.807) is 18.3 Å². The van der Waals surface area contributed by atoms with Crippen LogP contribution >= 0.6 is 23.2 Å². The van der Waals surface area contributed by atoms with Crippen LogP contribution in [0.25, 0.3) is 0 Å². The smallest absolute Gasteiger partial charge is 0.244 e. The monoisotopic (exact) mass is 481 g/mol. The number of nitriles is 1. The molecule has 2 heterocycles. The number of piperidine rings is 1. The van der Waals surface area contributed by atoms with Gasteiger partial charge in [-0.15, -0.1) is 0 Å². The van der Waals surface area contributed by atoms with Crippen molar-refractivity contribution in [3.8, 4) is 6.07 Å². The Kier molecular flexibility index (Phi) is 7.73. The van der Waals surface area contributed by atoms with Gasteiger partial charge in [0, 0.05) is 43.3 Å².